The quantitative estimate of drug-likeness (QED) is 0.0965. The van der Waals surface area contributed by atoms with Gasteiger partial charge in [-0.1, -0.05) is 12.1 Å². The molecule has 4 aromatic carbocycles. The number of hydrogen-bond donors (Lipinski definition) is 0. The van der Waals surface area contributed by atoms with E-state index in [1.807, 2.05) is 78.9 Å². The summed E-state index contributed by atoms with van der Waals surface area (Å²) >= 11 is 0. The van der Waals surface area contributed by atoms with E-state index in [9.17, 15) is 4.79 Å². The lowest BCUT2D eigenvalue weighted by Gasteiger charge is -2.09. The molecule has 1 aromatic heterocycles. The van der Waals surface area contributed by atoms with E-state index in [1.54, 1.807) is 26.4 Å². The SMILES string of the molecule is COc1ccc(N=Nc2ccc(OCCCCCCOc3ccc4c(=O)c(-c5ccc(OC)cc5)coc4c3)cc2)cc1. The zero-order valence-corrected chi connectivity index (χ0v) is 24.3. The third-order valence-corrected chi connectivity index (χ3v) is 6.91. The summed E-state index contributed by atoms with van der Waals surface area (Å²) in [6, 6.07) is 27.7. The van der Waals surface area contributed by atoms with Gasteiger partial charge in [0.1, 0.15) is 34.8 Å². The number of hydrogen-bond acceptors (Lipinski definition) is 8. The third-order valence-electron chi connectivity index (χ3n) is 6.91. The summed E-state index contributed by atoms with van der Waals surface area (Å²) < 4.78 is 27.9. The highest BCUT2D eigenvalue weighted by Crippen LogP contribution is 2.26. The first-order chi connectivity index (χ1) is 21.1. The number of benzene rings is 4. The maximum Gasteiger partial charge on any atom is 0.200 e. The van der Waals surface area contributed by atoms with Gasteiger partial charge in [0.25, 0.3) is 0 Å². The van der Waals surface area contributed by atoms with E-state index in [0.29, 0.717) is 35.5 Å². The standard InChI is InChI=1S/C35H34N2O6/c1-39-28-13-7-25(8-14-28)33-24-43-34-23-31(19-20-32(34)35(33)38)42-22-6-4-3-5-21-41-30-17-11-27(12-18-30)37-36-26-9-15-29(40-2)16-10-26/h7-20,23-24H,3-6,21-22H2,1-2H3. The number of nitrogens with zero attached hydrogens (tertiary/aromatic N) is 2. The molecule has 8 heteroatoms. The average Bonchev–Trinajstić information content (AvgIpc) is 3.06. The zero-order valence-electron chi connectivity index (χ0n) is 24.3. The molecule has 0 aliphatic rings. The van der Waals surface area contributed by atoms with Gasteiger partial charge in [-0.3, -0.25) is 4.79 Å². The lowest BCUT2D eigenvalue weighted by Crippen LogP contribution is -2.05. The summed E-state index contributed by atoms with van der Waals surface area (Å²) in [4.78, 5) is 13.0. The molecule has 5 aromatic rings. The van der Waals surface area contributed by atoms with Crippen molar-refractivity contribution in [2.24, 2.45) is 10.2 Å². The fourth-order valence-electron chi connectivity index (χ4n) is 4.48. The molecule has 1 heterocycles. The van der Waals surface area contributed by atoms with Crippen LogP contribution >= 0.6 is 0 Å². The van der Waals surface area contributed by atoms with Crippen molar-refractivity contribution >= 4 is 22.3 Å². The summed E-state index contributed by atoms with van der Waals surface area (Å²) in [5.41, 5.74) is 3.24. The second kappa shape index (κ2) is 14.7. The normalized spacial score (nSPS) is 11.1. The minimum Gasteiger partial charge on any atom is -0.497 e. The highest BCUT2D eigenvalue weighted by molar-refractivity contribution is 5.82. The Hall–Kier alpha value is -5.11. The van der Waals surface area contributed by atoms with Crippen LogP contribution in [0.3, 0.4) is 0 Å². The van der Waals surface area contributed by atoms with Crippen LogP contribution in [0.4, 0.5) is 11.4 Å². The van der Waals surface area contributed by atoms with Gasteiger partial charge in [-0.05, 0) is 104 Å². The highest BCUT2D eigenvalue weighted by Gasteiger charge is 2.10. The molecule has 8 nitrogen and oxygen atoms in total. The van der Waals surface area contributed by atoms with Crippen LogP contribution in [0, 0.1) is 0 Å². The molecule has 0 fully saturated rings. The second-order valence-electron chi connectivity index (χ2n) is 9.87. The van der Waals surface area contributed by atoms with Crippen LogP contribution in [0.15, 0.2) is 117 Å². The van der Waals surface area contributed by atoms with Crippen molar-refractivity contribution < 1.29 is 23.4 Å². The number of rotatable bonds is 14. The van der Waals surface area contributed by atoms with Crippen molar-refractivity contribution in [2.45, 2.75) is 25.7 Å². The molecule has 5 rings (SSSR count). The van der Waals surface area contributed by atoms with E-state index in [2.05, 4.69) is 10.2 Å². The van der Waals surface area contributed by atoms with Crippen LogP contribution in [0.25, 0.3) is 22.1 Å². The first-order valence-electron chi connectivity index (χ1n) is 14.2. The second-order valence-corrected chi connectivity index (χ2v) is 9.87. The summed E-state index contributed by atoms with van der Waals surface area (Å²) in [7, 11) is 3.24. The van der Waals surface area contributed by atoms with Crippen LogP contribution in [0.5, 0.6) is 23.0 Å². The number of fused-ring (bicyclic) bond motifs is 1. The number of ether oxygens (including phenoxy) is 4. The van der Waals surface area contributed by atoms with Gasteiger partial charge in [0.05, 0.1) is 49.8 Å². The Labute approximate surface area is 250 Å². The fraction of sp³-hybridized carbons (Fsp3) is 0.229. The largest absolute Gasteiger partial charge is 0.497 e. The van der Waals surface area contributed by atoms with E-state index in [-0.39, 0.29) is 5.43 Å². The fourth-order valence-corrected chi connectivity index (χ4v) is 4.48. The summed E-state index contributed by atoms with van der Waals surface area (Å²) in [6.07, 6.45) is 5.45. The van der Waals surface area contributed by atoms with E-state index in [0.717, 1.165) is 59.9 Å². The summed E-state index contributed by atoms with van der Waals surface area (Å²) in [6.45, 7) is 1.24. The molecule has 0 N–H and O–H groups in total. The Morgan fingerprint density at radius 3 is 1.70 bits per heavy atom. The number of unbranched alkanes of at least 4 members (excludes halogenated alkanes) is 3. The van der Waals surface area contributed by atoms with Crippen LogP contribution in [-0.4, -0.2) is 27.4 Å². The molecule has 0 saturated heterocycles. The van der Waals surface area contributed by atoms with Gasteiger partial charge in [0.15, 0.2) is 5.43 Å². The average molecular weight is 579 g/mol. The summed E-state index contributed by atoms with van der Waals surface area (Å²) in [5.74, 6) is 3.01. The molecular weight excluding hydrogens is 544 g/mol. The molecule has 0 spiro atoms. The Kier molecular flexibility index (Phi) is 10.0. The molecule has 0 amide bonds. The monoisotopic (exact) mass is 578 g/mol. The minimum atomic E-state index is -0.0774. The van der Waals surface area contributed by atoms with Crippen LogP contribution in [-0.2, 0) is 0 Å². The molecular formula is C35H34N2O6. The lowest BCUT2D eigenvalue weighted by molar-refractivity contribution is 0.287. The van der Waals surface area contributed by atoms with Gasteiger partial charge in [-0.25, -0.2) is 0 Å². The maximum atomic E-state index is 13.0. The predicted molar refractivity (Wildman–Crippen MR) is 168 cm³/mol. The van der Waals surface area contributed by atoms with Crippen molar-refractivity contribution in [1.29, 1.82) is 0 Å². The van der Waals surface area contributed by atoms with E-state index in [1.165, 1.54) is 6.26 Å². The molecule has 0 aliphatic heterocycles. The first kappa shape index (κ1) is 29.4. The van der Waals surface area contributed by atoms with Gasteiger partial charge in [-0.2, -0.15) is 10.2 Å². The van der Waals surface area contributed by atoms with Gasteiger partial charge in [0, 0.05) is 6.07 Å². The zero-order chi connectivity index (χ0) is 29.9. The molecule has 0 aliphatic carbocycles. The van der Waals surface area contributed by atoms with Crippen molar-refractivity contribution in [2.75, 3.05) is 27.4 Å². The van der Waals surface area contributed by atoms with Crippen LogP contribution < -0.4 is 24.4 Å². The Morgan fingerprint density at radius 2 is 1.12 bits per heavy atom. The molecule has 0 radical (unpaired) electrons. The number of azo groups is 1. The summed E-state index contributed by atoms with van der Waals surface area (Å²) in [5, 5.41) is 9.03. The molecule has 0 atom stereocenters. The highest BCUT2D eigenvalue weighted by atomic mass is 16.5. The molecule has 43 heavy (non-hydrogen) atoms. The van der Waals surface area contributed by atoms with E-state index >= 15 is 0 Å². The molecule has 0 bridgehead atoms. The van der Waals surface area contributed by atoms with Crippen molar-refractivity contribution in [1.82, 2.24) is 0 Å². The van der Waals surface area contributed by atoms with Crippen molar-refractivity contribution in [3.8, 4) is 34.1 Å². The van der Waals surface area contributed by atoms with Gasteiger partial charge < -0.3 is 23.4 Å². The minimum absolute atomic E-state index is 0.0774. The molecule has 0 saturated carbocycles. The van der Waals surface area contributed by atoms with Crippen LogP contribution in [0.1, 0.15) is 25.7 Å². The topological polar surface area (TPSA) is 91.9 Å². The predicted octanol–water partition coefficient (Wildman–Crippen LogP) is 8.91. The van der Waals surface area contributed by atoms with Gasteiger partial charge >= 0.3 is 0 Å². The number of methoxy groups -OCH3 is 2. The van der Waals surface area contributed by atoms with Crippen molar-refractivity contribution in [3.05, 3.63) is 107 Å². The molecule has 220 valence electrons. The third kappa shape index (κ3) is 8.01. The maximum absolute atomic E-state index is 13.0. The van der Waals surface area contributed by atoms with Gasteiger partial charge in [-0.15, -0.1) is 0 Å². The first-order valence-corrected chi connectivity index (χ1v) is 14.2. The van der Waals surface area contributed by atoms with Crippen molar-refractivity contribution in [3.63, 3.8) is 0 Å². The van der Waals surface area contributed by atoms with Crippen LogP contribution in [0.2, 0.25) is 0 Å². The molecule has 0 unspecified atom stereocenters. The Balaban J connectivity index is 0.998. The smallest absolute Gasteiger partial charge is 0.200 e. The van der Waals surface area contributed by atoms with E-state index in [4.69, 9.17) is 23.4 Å². The Morgan fingerprint density at radius 1 is 0.605 bits per heavy atom. The Bertz CT molecular complexity index is 1690. The lowest BCUT2D eigenvalue weighted by atomic mass is 10.1. The van der Waals surface area contributed by atoms with E-state index < -0.39 is 0 Å². The van der Waals surface area contributed by atoms with Gasteiger partial charge in [0.2, 0.25) is 0 Å².